The van der Waals surface area contributed by atoms with E-state index in [2.05, 4.69) is 0 Å². The highest BCUT2D eigenvalue weighted by Crippen LogP contribution is 2.33. The minimum atomic E-state index is -4.48. The maximum Gasteiger partial charge on any atom is 0.414 e. The first kappa shape index (κ1) is 12.3. The molecule has 0 aromatic carbocycles. The molecule has 0 atom stereocenters. The van der Waals surface area contributed by atoms with Gasteiger partial charge in [-0.15, -0.1) is 0 Å². The Kier molecular flexibility index (Phi) is 4.86. The molecular formula is C8H9ClF3N. The first-order valence-electron chi connectivity index (χ1n) is 3.79. The lowest BCUT2D eigenvalue weighted by molar-refractivity contribution is -0.0943. The van der Waals surface area contributed by atoms with Crippen LogP contribution >= 0.6 is 11.6 Å². The summed E-state index contributed by atoms with van der Waals surface area (Å²) in [6, 6.07) is 1.31. The van der Waals surface area contributed by atoms with Crippen molar-refractivity contribution in [2.45, 2.75) is 32.4 Å². The molecule has 0 saturated carbocycles. The van der Waals surface area contributed by atoms with E-state index in [0.29, 0.717) is 12.8 Å². The molecule has 0 rings (SSSR count). The number of halogens is 4. The van der Waals surface area contributed by atoms with Gasteiger partial charge in [0.1, 0.15) is 11.1 Å². The molecule has 0 aliphatic heterocycles. The summed E-state index contributed by atoms with van der Waals surface area (Å²) in [6.45, 7) is 1.77. The van der Waals surface area contributed by atoms with E-state index in [1.54, 1.807) is 6.92 Å². The summed E-state index contributed by atoms with van der Waals surface area (Å²) in [7, 11) is 0. The van der Waals surface area contributed by atoms with Crippen LogP contribution in [0, 0.1) is 11.3 Å². The zero-order chi connectivity index (χ0) is 10.5. The average Bonchev–Trinajstić information content (AvgIpc) is 2.02. The van der Waals surface area contributed by atoms with Crippen molar-refractivity contribution in [3.63, 3.8) is 0 Å². The highest BCUT2D eigenvalue weighted by atomic mass is 35.5. The molecule has 0 aromatic rings. The maximum absolute atomic E-state index is 12.2. The third-order valence-corrected chi connectivity index (χ3v) is 1.80. The molecule has 0 heterocycles. The number of nitrogens with zero attached hydrogens (tertiary/aromatic N) is 1. The minimum Gasteiger partial charge on any atom is -0.191 e. The molecule has 0 unspecified atom stereocenters. The van der Waals surface area contributed by atoms with E-state index in [0.717, 1.165) is 0 Å². The Morgan fingerprint density at radius 3 is 2.31 bits per heavy atom. The van der Waals surface area contributed by atoms with Gasteiger partial charge in [0, 0.05) is 0 Å². The summed E-state index contributed by atoms with van der Waals surface area (Å²) in [5, 5.41) is 7.48. The van der Waals surface area contributed by atoms with Crippen LogP contribution in [-0.2, 0) is 0 Å². The van der Waals surface area contributed by atoms with Crippen LogP contribution in [0.1, 0.15) is 26.2 Å². The number of nitriles is 1. The van der Waals surface area contributed by atoms with Crippen LogP contribution in [0.5, 0.6) is 0 Å². The molecule has 5 heteroatoms. The van der Waals surface area contributed by atoms with Crippen LogP contribution in [0.15, 0.2) is 10.6 Å². The van der Waals surface area contributed by atoms with E-state index >= 15 is 0 Å². The predicted octanol–water partition coefficient (Wildman–Crippen LogP) is 3.76. The fraction of sp³-hybridized carbons (Fsp3) is 0.625. The summed E-state index contributed by atoms with van der Waals surface area (Å²) in [4.78, 5) is 0. The fourth-order valence-electron chi connectivity index (χ4n) is 0.797. The smallest absolute Gasteiger partial charge is 0.191 e. The normalized spacial score (nSPS) is 13.5. The first-order valence-corrected chi connectivity index (χ1v) is 4.17. The molecule has 0 amide bonds. The monoisotopic (exact) mass is 211 g/mol. The Morgan fingerprint density at radius 2 is 2.00 bits per heavy atom. The predicted molar refractivity (Wildman–Crippen MR) is 44.1 cm³/mol. The Morgan fingerprint density at radius 1 is 1.46 bits per heavy atom. The summed E-state index contributed by atoms with van der Waals surface area (Å²) >= 11 is 5.15. The lowest BCUT2D eigenvalue weighted by Gasteiger charge is -2.10. The number of rotatable bonds is 3. The molecule has 74 valence electrons. The lowest BCUT2D eigenvalue weighted by atomic mass is 10.1. The van der Waals surface area contributed by atoms with Crippen molar-refractivity contribution >= 4 is 11.6 Å². The molecule has 0 fully saturated rings. The molecule has 0 aromatic heterocycles. The van der Waals surface area contributed by atoms with Crippen molar-refractivity contribution in [3.05, 3.63) is 10.6 Å². The van der Waals surface area contributed by atoms with Crippen molar-refractivity contribution in [1.29, 1.82) is 5.26 Å². The molecular weight excluding hydrogens is 203 g/mol. The third-order valence-electron chi connectivity index (χ3n) is 1.49. The quantitative estimate of drug-likeness (QED) is 0.652. The Balaban J connectivity index is 4.70. The van der Waals surface area contributed by atoms with Crippen molar-refractivity contribution in [2.75, 3.05) is 0 Å². The van der Waals surface area contributed by atoms with Crippen LogP contribution in [0.4, 0.5) is 13.2 Å². The van der Waals surface area contributed by atoms with E-state index in [4.69, 9.17) is 16.9 Å². The highest BCUT2D eigenvalue weighted by Gasteiger charge is 2.35. The SMILES string of the molecule is CCCC/C(=C(/Cl)C#N)C(F)(F)F. The summed E-state index contributed by atoms with van der Waals surface area (Å²) in [5.74, 6) is 0. The van der Waals surface area contributed by atoms with Crippen LogP contribution in [-0.4, -0.2) is 6.18 Å². The summed E-state index contributed by atoms with van der Waals surface area (Å²) in [5.41, 5.74) is -0.918. The van der Waals surface area contributed by atoms with E-state index in [1.165, 1.54) is 6.07 Å². The standard InChI is InChI=1S/C8H9ClF3N/c1-2-3-4-6(7(9)5-13)8(10,11)12/h2-4H2,1H3/b7-6-. The largest absolute Gasteiger partial charge is 0.414 e. The topological polar surface area (TPSA) is 23.8 Å². The molecule has 0 aliphatic carbocycles. The van der Waals surface area contributed by atoms with E-state index in [-0.39, 0.29) is 6.42 Å². The lowest BCUT2D eigenvalue weighted by Crippen LogP contribution is -2.13. The zero-order valence-corrected chi connectivity index (χ0v) is 7.84. The molecule has 0 saturated heterocycles. The Hall–Kier alpha value is -0.690. The molecule has 0 spiro atoms. The van der Waals surface area contributed by atoms with Gasteiger partial charge in [-0.3, -0.25) is 0 Å². The maximum atomic E-state index is 12.2. The van der Waals surface area contributed by atoms with Crippen LogP contribution in [0.3, 0.4) is 0 Å². The van der Waals surface area contributed by atoms with Gasteiger partial charge >= 0.3 is 6.18 Å². The Labute approximate surface area is 79.8 Å². The third kappa shape index (κ3) is 4.18. The van der Waals surface area contributed by atoms with Gasteiger partial charge in [0.2, 0.25) is 0 Å². The molecule has 13 heavy (non-hydrogen) atoms. The second-order valence-corrected chi connectivity index (χ2v) is 2.88. The van der Waals surface area contributed by atoms with Crippen molar-refractivity contribution in [3.8, 4) is 6.07 Å². The number of unbranched alkanes of at least 4 members (excludes halogenated alkanes) is 1. The van der Waals surface area contributed by atoms with Crippen molar-refractivity contribution in [2.24, 2.45) is 0 Å². The van der Waals surface area contributed by atoms with Gasteiger partial charge in [-0.1, -0.05) is 24.9 Å². The van der Waals surface area contributed by atoms with Gasteiger partial charge in [-0.2, -0.15) is 18.4 Å². The van der Waals surface area contributed by atoms with Crippen molar-refractivity contribution < 1.29 is 13.2 Å². The van der Waals surface area contributed by atoms with Gasteiger partial charge in [0.25, 0.3) is 0 Å². The zero-order valence-electron chi connectivity index (χ0n) is 7.08. The van der Waals surface area contributed by atoms with Gasteiger partial charge in [-0.05, 0) is 12.8 Å². The molecule has 1 nitrogen and oxygen atoms in total. The van der Waals surface area contributed by atoms with Crippen LogP contribution in [0.25, 0.3) is 0 Å². The fourth-order valence-corrected chi connectivity index (χ4v) is 0.999. The van der Waals surface area contributed by atoms with Crippen molar-refractivity contribution in [1.82, 2.24) is 0 Å². The van der Waals surface area contributed by atoms with Gasteiger partial charge in [-0.25, -0.2) is 0 Å². The minimum absolute atomic E-state index is 0.188. The second kappa shape index (κ2) is 5.13. The Bertz CT molecular complexity index is 237. The summed E-state index contributed by atoms with van der Waals surface area (Å²) < 4.78 is 36.6. The van der Waals surface area contributed by atoms with Crippen LogP contribution < -0.4 is 0 Å². The van der Waals surface area contributed by atoms with Crippen LogP contribution in [0.2, 0.25) is 0 Å². The number of alkyl halides is 3. The summed E-state index contributed by atoms with van der Waals surface area (Å²) in [6.07, 6.45) is -3.66. The molecule has 0 aliphatic rings. The number of allylic oxidation sites excluding steroid dienone is 2. The van der Waals surface area contributed by atoms with E-state index in [1.807, 2.05) is 0 Å². The molecule has 0 radical (unpaired) electrons. The molecule has 0 bridgehead atoms. The number of hydrogen-bond donors (Lipinski definition) is 0. The molecule has 0 N–H and O–H groups in total. The van der Waals surface area contributed by atoms with Gasteiger partial charge < -0.3 is 0 Å². The first-order chi connectivity index (χ1) is 5.93. The highest BCUT2D eigenvalue weighted by molar-refractivity contribution is 6.32. The van der Waals surface area contributed by atoms with E-state index in [9.17, 15) is 13.2 Å². The van der Waals surface area contributed by atoms with Gasteiger partial charge in [0.15, 0.2) is 0 Å². The second-order valence-electron chi connectivity index (χ2n) is 2.51. The average molecular weight is 212 g/mol. The van der Waals surface area contributed by atoms with Gasteiger partial charge in [0.05, 0.1) is 5.57 Å². The van der Waals surface area contributed by atoms with E-state index < -0.39 is 16.8 Å². The number of hydrogen-bond acceptors (Lipinski definition) is 1.